The predicted molar refractivity (Wildman–Crippen MR) is 107 cm³/mol. The highest BCUT2D eigenvalue weighted by Gasteiger charge is 2.19. The monoisotopic (exact) mass is 377 g/mol. The number of rotatable bonds is 4. The summed E-state index contributed by atoms with van der Waals surface area (Å²) in [5, 5.41) is 2.69. The van der Waals surface area contributed by atoms with Gasteiger partial charge in [-0.05, 0) is 30.3 Å². The lowest BCUT2D eigenvalue weighted by molar-refractivity contribution is 0.102. The van der Waals surface area contributed by atoms with Gasteiger partial charge in [0.2, 0.25) is 5.95 Å². The van der Waals surface area contributed by atoms with Gasteiger partial charge in [-0.2, -0.15) is 0 Å². The number of hydrogen-bond donors (Lipinski definition) is 1. The first-order valence-corrected chi connectivity index (χ1v) is 9.13. The smallest absolute Gasteiger partial charge is 0.255 e. The summed E-state index contributed by atoms with van der Waals surface area (Å²) in [5.41, 5.74) is 1.94. The number of carbonyl (C=O) groups is 1. The Hall–Kier alpha value is -3.48. The first kappa shape index (κ1) is 17.9. The molecule has 0 saturated carbocycles. The fourth-order valence-electron chi connectivity index (χ4n) is 3.19. The molecule has 28 heavy (non-hydrogen) atoms. The van der Waals surface area contributed by atoms with Crippen molar-refractivity contribution in [3.05, 3.63) is 78.4 Å². The summed E-state index contributed by atoms with van der Waals surface area (Å²) in [5.74, 6) is -0.210. The quantitative estimate of drug-likeness (QED) is 0.757. The second-order valence-corrected chi connectivity index (χ2v) is 6.55. The molecule has 4 rings (SSSR count). The summed E-state index contributed by atoms with van der Waals surface area (Å²) in [4.78, 5) is 25.4. The molecular formula is C21H20FN5O. The topological polar surface area (TPSA) is 61.4 Å². The lowest BCUT2D eigenvalue weighted by atomic mass is 10.2. The molecule has 1 saturated heterocycles. The van der Waals surface area contributed by atoms with Crippen molar-refractivity contribution in [2.24, 2.45) is 0 Å². The Balaban J connectivity index is 1.35. The van der Waals surface area contributed by atoms with Crippen molar-refractivity contribution >= 4 is 23.2 Å². The van der Waals surface area contributed by atoms with Gasteiger partial charge in [-0.15, -0.1) is 0 Å². The van der Waals surface area contributed by atoms with Crippen molar-refractivity contribution in [1.29, 1.82) is 0 Å². The Morgan fingerprint density at radius 3 is 2.25 bits per heavy atom. The van der Waals surface area contributed by atoms with Gasteiger partial charge in [0.1, 0.15) is 5.82 Å². The molecule has 6 nitrogen and oxygen atoms in total. The maximum absolute atomic E-state index is 13.2. The molecule has 2 aromatic carbocycles. The van der Waals surface area contributed by atoms with Crippen LogP contribution < -0.4 is 15.1 Å². The van der Waals surface area contributed by atoms with Crippen molar-refractivity contribution in [2.45, 2.75) is 0 Å². The Labute approximate surface area is 162 Å². The third-order valence-electron chi connectivity index (χ3n) is 4.67. The lowest BCUT2D eigenvalue weighted by Crippen LogP contribution is -2.47. The van der Waals surface area contributed by atoms with Crippen molar-refractivity contribution < 1.29 is 9.18 Å². The lowest BCUT2D eigenvalue weighted by Gasteiger charge is -2.36. The molecule has 2 heterocycles. The minimum absolute atomic E-state index is 0.251. The Kier molecular flexibility index (Phi) is 5.14. The van der Waals surface area contributed by atoms with E-state index in [-0.39, 0.29) is 5.56 Å². The van der Waals surface area contributed by atoms with Gasteiger partial charge in [0.05, 0.1) is 18.1 Å². The van der Waals surface area contributed by atoms with Crippen LogP contribution in [-0.2, 0) is 0 Å². The molecule has 0 bridgehead atoms. The van der Waals surface area contributed by atoms with Gasteiger partial charge >= 0.3 is 0 Å². The van der Waals surface area contributed by atoms with E-state index < -0.39 is 11.7 Å². The van der Waals surface area contributed by atoms with Crippen LogP contribution in [0.15, 0.2) is 67.0 Å². The van der Waals surface area contributed by atoms with E-state index in [0.717, 1.165) is 26.2 Å². The molecule has 1 aliphatic rings. The van der Waals surface area contributed by atoms with Gasteiger partial charge in [0.25, 0.3) is 5.91 Å². The van der Waals surface area contributed by atoms with Crippen LogP contribution in [0, 0.1) is 5.82 Å². The van der Waals surface area contributed by atoms with Gasteiger partial charge in [0, 0.05) is 37.4 Å². The molecule has 142 valence electrons. The number of hydrogen-bond acceptors (Lipinski definition) is 5. The van der Waals surface area contributed by atoms with E-state index in [1.807, 2.05) is 18.2 Å². The number of benzene rings is 2. The molecule has 0 radical (unpaired) electrons. The minimum atomic E-state index is -0.450. The average Bonchev–Trinajstić information content (AvgIpc) is 2.75. The fourth-order valence-corrected chi connectivity index (χ4v) is 3.19. The van der Waals surface area contributed by atoms with Crippen LogP contribution in [0.4, 0.5) is 21.7 Å². The standard InChI is InChI=1S/C21H20FN5O/c22-17-6-4-5-16(13-17)20(28)25-18-14-23-21(24-15-18)27-11-9-26(10-12-27)19-7-2-1-3-8-19/h1-8,13-15H,9-12H2,(H,25,28). The van der Waals surface area contributed by atoms with Crippen LogP contribution in [0.1, 0.15) is 10.4 Å². The zero-order valence-electron chi connectivity index (χ0n) is 15.3. The highest BCUT2D eigenvalue weighted by atomic mass is 19.1. The number of amides is 1. The summed E-state index contributed by atoms with van der Waals surface area (Å²) in [6.45, 7) is 3.44. The van der Waals surface area contributed by atoms with Gasteiger partial charge < -0.3 is 15.1 Å². The summed E-state index contributed by atoms with van der Waals surface area (Å²) in [6.07, 6.45) is 3.15. The highest BCUT2D eigenvalue weighted by molar-refractivity contribution is 6.04. The Morgan fingerprint density at radius 2 is 1.57 bits per heavy atom. The van der Waals surface area contributed by atoms with E-state index in [0.29, 0.717) is 11.6 Å². The van der Waals surface area contributed by atoms with E-state index in [4.69, 9.17) is 0 Å². The Bertz CT molecular complexity index is 941. The number of carbonyl (C=O) groups excluding carboxylic acids is 1. The summed E-state index contributed by atoms with van der Waals surface area (Å²) >= 11 is 0. The largest absolute Gasteiger partial charge is 0.368 e. The Morgan fingerprint density at radius 1 is 0.893 bits per heavy atom. The maximum Gasteiger partial charge on any atom is 0.255 e. The summed E-state index contributed by atoms with van der Waals surface area (Å²) in [7, 11) is 0. The number of piperazine rings is 1. The fraction of sp³-hybridized carbons (Fsp3) is 0.190. The number of anilines is 3. The first-order chi connectivity index (χ1) is 13.7. The van der Waals surface area contributed by atoms with Gasteiger partial charge in [-0.25, -0.2) is 14.4 Å². The number of halogens is 1. The molecule has 0 unspecified atom stereocenters. The summed E-state index contributed by atoms with van der Waals surface area (Å²) < 4.78 is 13.2. The molecule has 1 aliphatic heterocycles. The SMILES string of the molecule is O=C(Nc1cnc(N2CCN(c3ccccc3)CC2)nc1)c1cccc(F)c1. The van der Waals surface area contributed by atoms with Crippen LogP contribution in [-0.4, -0.2) is 42.1 Å². The van der Waals surface area contributed by atoms with Crippen molar-refractivity contribution in [3.63, 3.8) is 0 Å². The normalized spacial score (nSPS) is 14.0. The van der Waals surface area contributed by atoms with Gasteiger partial charge in [-0.3, -0.25) is 4.79 Å². The second kappa shape index (κ2) is 8.04. The number of nitrogens with one attached hydrogen (secondary N) is 1. The maximum atomic E-state index is 13.2. The van der Waals surface area contributed by atoms with E-state index in [2.05, 4.69) is 37.2 Å². The van der Waals surface area contributed by atoms with E-state index in [1.54, 1.807) is 18.5 Å². The average molecular weight is 377 g/mol. The van der Waals surface area contributed by atoms with E-state index >= 15 is 0 Å². The van der Waals surface area contributed by atoms with Crippen LogP contribution in [0.2, 0.25) is 0 Å². The molecule has 3 aromatic rings. The molecule has 1 N–H and O–H groups in total. The zero-order valence-corrected chi connectivity index (χ0v) is 15.3. The van der Waals surface area contributed by atoms with Gasteiger partial charge in [0.15, 0.2) is 0 Å². The van der Waals surface area contributed by atoms with Crippen molar-refractivity contribution in [1.82, 2.24) is 9.97 Å². The number of nitrogens with zero attached hydrogens (tertiary/aromatic N) is 4. The third kappa shape index (κ3) is 4.09. The minimum Gasteiger partial charge on any atom is -0.368 e. The first-order valence-electron chi connectivity index (χ1n) is 9.13. The zero-order chi connectivity index (χ0) is 19.3. The van der Waals surface area contributed by atoms with E-state index in [9.17, 15) is 9.18 Å². The molecular weight excluding hydrogens is 357 g/mol. The molecule has 0 atom stereocenters. The number of para-hydroxylation sites is 1. The van der Waals surface area contributed by atoms with Crippen molar-refractivity contribution in [2.75, 3.05) is 41.3 Å². The van der Waals surface area contributed by atoms with E-state index in [1.165, 1.54) is 23.9 Å². The van der Waals surface area contributed by atoms with Gasteiger partial charge in [-0.1, -0.05) is 24.3 Å². The molecule has 7 heteroatoms. The van der Waals surface area contributed by atoms with Crippen LogP contribution in [0.3, 0.4) is 0 Å². The molecule has 1 amide bonds. The molecule has 0 spiro atoms. The molecule has 1 fully saturated rings. The number of aromatic nitrogens is 2. The second-order valence-electron chi connectivity index (χ2n) is 6.55. The van der Waals surface area contributed by atoms with Crippen LogP contribution in [0.25, 0.3) is 0 Å². The predicted octanol–water partition coefficient (Wildman–Crippen LogP) is 3.19. The third-order valence-corrected chi connectivity index (χ3v) is 4.67. The molecule has 1 aromatic heterocycles. The molecule has 0 aliphatic carbocycles. The van der Waals surface area contributed by atoms with Crippen LogP contribution >= 0.6 is 0 Å². The summed E-state index contributed by atoms with van der Waals surface area (Å²) in [6, 6.07) is 15.9. The van der Waals surface area contributed by atoms with Crippen LogP contribution in [0.5, 0.6) is 0 Å². The van der Waals surface area contributed by atoms with Crippen molar-refractivity contribution in [3.8, 4) is 0 Å². The highest BCUT2D eigenvalue weighted by Crippen LogP contribution is 2.18.